The Labute approximate surface area is 117 Å². The van der Waals surface area contributed by atoms with Crippen LogP contribution in [0.2, 0.25) is 10.0 Å². The number of aryl methyl sites for hydroxylation is 2. The normalized spacial score (nSPS) is 11.0. The number of hydrogen-bond acceptors (Lipinski definition) is 1. The Kier molecular flexibility index (Phi) is 3.96. The standard InChI is InChI=1S/C15H14Cl2O/c1-9-3-5-11(16)7-13(9)15(18)14-8-12(17)6-4-10(14)2/h3-8,15,18H,1-2H3. The Hall–Kier alpha value is -1.02. The first kappa shape index (κ1) is 13.4. The van der Waals surface area contributed by atoms with Gasteiger partial charge in [-0.2, -0.15) is 0 Å². The molecule has 0 aliphatic carbocycles. The number of aliphatic hydroxyl groups is 1. The molecule has 0 atom stereocenters. The van der Waals surface area contributed by atoms with E-state index in [1.807, 2.05) is 38.1 Å². The van der Waals surface area contributed by atoms with Crippen molar-refractivity contribution >= 4 is 23.2 Å². The van der Waals surface area contributed by atoms with Crippen molar-refractivity contribution < 1.29 is 5.11 Å². The van der Waals surface area contributed by atoms with Gasteiger partial charge in [-0.05, 0) is 60.4 Å². The maximum atomic E-state index is 10.5. The van der Waals surface area contributed by atoms with Crippen molar-refractivity contribution in [3.05, 3.63) is 68.7 Å². The summed E-state index contributed by atoms with van der Waals surface area (Å²) in [6.45, 7) is 3.91. The predicted molar refractivity (Wildman–Crippen MR) is 76.4 cm³/mol. The second-order valence-corrected chi connectivity index (χ2v) is 5.28. The van der Waals surface area contributed by atoms with Crippen LogP contribution in [0.1, 0.15) is 28.4 Å². The molecule has 0 unspecified atom stereocenters. The molecule has 1 nitrogen and oxygen atoms in total. The van der Waals surface area contributed by atoms with Gasteiger partial charge in [-0.3, -0.25) is 0 Å². The summed E-state index contributed by atoms with van der Waals surface area (Å²) in [7, 11) is 0. The van der Waals surface area contributed by atoms with E-state index < -0.39 is 6.10 Å². The van der Waals surface area contributed by atoms with Gasteiger partial charge < -0.3 is 5.11 Å². The van der Waals surface area contributed by atoms with Crippen LogP contribution >= 0.6 is 23.2 Å². The van der Waals surface area contributed by atoms with Gasteiger partial charge in [-0.1, -0.05) is 35.3 Å². The van der Waals surface area contributed by atoms with Crippen LogP contribution in [-0.4, -0.2) is 5.11 Å². The molecule has 0 fully saturated rings. The highest BCUT2D eigenvalue weighted by atomic mass is 35.5. The van der Waals surface area contributed by atoms with Crippen LogP contribution in [0.4, 0.5) is 0 Å². The molecule has 18 heavy (non-hydrogen) atoms. The Bertz CT molecular complexity index is 527. The molecule has 0 bridgehead atoms. The lowest BCUT2D eigenvalue weighted by Crippen LogP contribution is -2.04. The van der Waals surface area contributed by atoms with Crippen molar-refractivity contribution in [1.29, 1.82) is 0 Å². The van der Waals surface area contributed by atoms with E-state index in [1.165, 1.54) is 0 Å². The van der Waals surface area contributed by atoms with Crippen molar-refractivity contribution in [1.82, 2.24) is 0 Å². The van der Waals surface area contributed by atoms with E-state index >= 15 is 0 Å². The molecular formula is C15H14Cl2O. The quantitative estimate of drug-likeness (QED) is 0.846. The molecule has 0 saturated carbocycles. The van der Waals surface area contributed by atoms with Crippen LogP contribution in [0.25, 0.3) is 0 Å². The second kappa shape index (κ2) is 5.31. The van der Waals surface area contributed by atoms with Gasteiger partial charge in [0.2, 0.25) is 0 Å². The molecule has 2 aromatic rings. The highest BCUT2D eigenvalue weighted by molar-refractivity contribution is 6.31. The summed E-state index contributed by atoms with van der Waals surface area (Å²) >= 11 is 12.0. The summed E-state index contributed by atoms with van der Waals surface area (Å²) in [6, 6.07) is 11.0. The third-order valence-electron chi connectivity index (χ3n) is 3.07. The molecule has 0 aromatic heterocycles. The third kappa shape index (κ3) is 2.69. The van der Waals surface area contributed by atoms with Crippen LogP contribution in [0, 0.1) is 13.8 Å². The molecule has 3 heteroatoms. The summed E-state index contributed by atoms with van der Waals surface area (Å²) in [6.07, 6.45) is -0.706. The second-order valence-electron chi connectivity index (χ2n) is 4.40. The Morgan fingerprint density at radius 2 is 1.22 bits per heavy atom. The van der Waals surface area contributed by atoms with E-state index in [9.17, 15) is 5.11 Å². The first-order valence-corrected chi connectivity index (χ1v) is 6.45. The monoisotopic (exact) mass is 280 g/mol. The molecule has 94 valence electrons. The first-order chi connectivity index (χ1) is 8.49. The number of hydrogen-bond donors (Lipinski definition) is 1. The summed E-state index contributed by atoms with van der Waals surface area (Å²) < 4.78 is 0. The number of rotatable bonds is 2. The molecule has 2 aromatic carbocycles. The molecular weight excluding hydrogens is 267 g/mol. The van der Waals surface area contributed by atoms with Crippen LogP contribution in [-0.2, 0) is 0 Å². The molecule has 0 amide bonds. The topological polar surface area (TPSA) is 20.2 Å². The zero-order valence-corrected chi connectivity index (χ0v) is 11.8. The maximum absolute atomic E-state index is 10.5. The van der Waals surface area contributed by atoms with Gasteiger partial charge in [0.25, 0.3) is 0 Å². The molecule has 2 rings (SSSR count). The Morgan fingerprint density at radius 3 is 1.61 bits per heavy atom. The summed E-state index contributed by atoms with van der Waals surface area (Å²) in [5.74, 6) is 0. The van der Waals surface area contributed by atoms with Crippen molar-refractivity contribution in [3.63, 3.8) is 0 Å². The highest BCUT2D eigenvalue weighted by Gasteiger charge is 2.15. The third-order valence-corrected chi connectivity index (χ3v) is 3.54. The van der Waals surface area contributed by atoms with Crippen molar-refractivity contribution in [3.8, 4) is 0 Å². The van der Waals surface area contributed by atoms with Gasteiger partial charge in [0.05, 0.1) is 0 Å². The average Bonchev–Trinajstić information content (AvgIpc) is 2.34. The van der Waals surface area contributed by atoms with Gasteiger partial charge in [-0.15, -0.1) is 0 Å². The molecule has 1 N–H and O–H groups in total. The van der Waals surface area contributed by atoms with E-state index in [2.05, 4.69) is 0 Å². The molecule has 0 spiro atoms. The zero-order chi connectivity index (χ0) is 13.3. The SMILES string of the molecule is Cc1ccc(Cl)cc1C(O)c1cc(Cl)ccc1C. The highest BCUT2D eigenvalue weighted by Crippen LogP contribution is 2.30. The van der Waals surface area contributed by atoms with Gasteiger partial charge in [-0.25, -0.2) is 0 Å². The summed E-state index contributed by atoms with van der Waals surface area (Å²) in [5.41, 5.74) is 3.64. The lowest BCUT2D eigenvalue weighted by molar-refractivity contribution is 0.219. The molecule has 0 radical (unpaired) electrons. The Balaban J connectivity index is 2.50. The molecule has 0 aliphatic rings. The lowest BCUT2D eigenvalue weighted by atomic mass is 9.95. The van der Waals surface area contributed by atoms with Crippen LogP contribution in [0.15, 0.2) is 36.4 Å². The van der Waals surface area contributed by atoms with Crippen LogP contribution < -0.4 is 0 Å². The van der Waals surface area contributed by atoms with E-state index in [0.29, 0.717) is 10.0 Å². The van der Waals surface area contributed by atoms with Gasteiger partial charge in [0.1, 0.15) is 6.10 Å². The Morgan fingerprint density at radius 1 is 0.833 bits per heavy atom. The minimum absolute atomic E-state index is 0.620. The minimum Gasteiger partial charge on any atom is -0.384 e. The van der Waals surface area contributed by atoms with Crippen LogP contribution in [0.5, 0.6) is 0 Å². The number of aliphatic hydroxyl groups excluding tert-OH is 1. The fourth-order valence-electron chi connectivity index (χ4n) is 1.98. The van der Waals surface area contributed by atoms with E-state index in [1.54, 1.807) is 12.1 Å². The fourth-order valence-corrected chi connectivity index (χ4v) is 2.34. The van der Waals surface area contributed by atoms with E-state index in [-0.39, 0.29) is 0 Å². The maximum Gasteiger partial charge on any atom is 0.105 e. The van der Waals surface area contributed by atoms with E-state index in [0.717, 1.165) is 22.3 Å². The first-order valence-electron chi connectivity index (χ1n) is 5.69. The number of benzene rings is 2. The average molecular weight is 281 g/mol. The van der Waals surface area contributed by atoms with Crippen molar-refractivity contribution in [2.45, 2.75) is 20.0 Å². The van der Waals surface area contributed by atoms with E-state index in [4.69, 9.17) is 23.2 Å². The van der Waals surface area contributed by atoms with Crippen molar-refractivity contribution in [2.75, 3.05) is 0 Å². The largest absolute Gasteiger partial charge is 0.384 e. The fraction of sp³-hybridized carbons (Fsp3) is 0.200. The van der Waals surface area contributed by atoms with Gasteiger partial charge in [0.15, 0.2) is 0 Å². The molecule has 0 heterocycles. The predicted octanol–water partition coefficient (Wildman–Crippen LogP) is 4.69. The van der Waals surface area contributed by atoms with Crippen LogP contribution in [0.3, 0.4) is 0 Å². The smallest absolute Gasteiger partial charge is 0.105 e. The van der Waals surface area contributed by atoms with Gasteiger partial charge >= 0.3 is 0 Å². The summed E-state index contributed by atoms with van der Waals surface area (Å²) in [5, 5.41) is 11.7. The minimum atomic E-state index is -0.706. The lowest BCUT2D eigenvalue weighted by Gasteiger charge is -2.17. The summed E-state index contributed by atoms with van der Waals surface area (Å²) in [4.78, 5) is 0. The number of halogens is 2. The molecule has 0 aliphatic heterocycles. The van der Waals surface area contributed by atoms with Crippen molar-refractivity contribution in [2.24, 2.45) is 0 Å². The molecule has 0 saturated heterocycles. The zero-order valence-electron chi connectivity index (χ0n) is 10.2. The van der Waals surface area contributed by atoms with Gasteiger partial charge in [0, 0.05) is 10.0 Å².